The van der Waals surface area contributed by atoms with Gasteiger partial charge in [-0.05, 0) is 12.1 Å². The van der Waals surface area contributed by atoms with Gasteiger partial charge in [0.15, 0.2) is 11.6 Å². The third-order valence-corrected chi connectivity index (χ3v) is 1.69. The van der Waals surface area contributed by atoms with E-state index in [9.17, 15) is 13.6 Å². The molecule has 5 heteroatoms. The summed E-state index contributed by atoms with van der Waals surface area (Å²) in [4.78, 5) is 10.1. The number of hydrogen-bond donors (Lipinski definition) is 1. The molecule has 0 unspecified atom stereocenters. The fourth-order valence-corrected chi connectivity index (χ4v) is 0.982. The van der Waals surface area contributed by atoms with Gasteiger partial charge in [-0.2, -0.15) is 0 Å². The Morgan fingerprint density at radius 3 is 2.75 bits per heavy atom. The third kappa shape index (κ3) is 4.08. The Kier molecular flexibility index (Phi) is 4.44. The van der Waals surface area contributed by atoms with Gasteiger partial charge in [0.2, 0.25) is 0 Å². The highest BCUT2D eigenvalue weighted by Crippen LogP contribution is 2.17. The lowest BCUT2D eigenvalue weighted by molar-refractivity contribution is -0.136. The van der Waals surface area contributed by atoms with Crippen LogP contribution in [0.15, 0.2) is 30.4 Å². The van der Waals surface area contributed by atoms with E-state index in [4.69, 9.17) is 9.84 Å². The van der Waals surface area contributed by atoms with Crippen LogP contribution in [0.5, 0.6) is 5.75 Å². The van der Waals surface area contributed by atoms with Crippen molar-refractivity contribution in [1.29, 1.82) is 0 Å². The number of hydrogen-bond acceptors (Lipinski definition) is 2. The fourth-order valence-electron chi connectivity index (χ4n) is 0.982. The van der Waals surface area contributed by atoms with E-state index in [0.717, 1.165) is 12.1 Å². The standard InChI is InChI=1S/C11H10F2O3/c12-8-4-5-10(9(13)7-8)16-6-2-1-3-11(14)15/h1-2,4-5,7H,3,6H2,(H,14,15)/b2-1+. The molecule has 1 rings (SSSR count). The number of benzene rings is 1. The highest BCUT2D eigenvalue weighted by atomic mass is 19.1. The first-order chi connectivity index (χ1) is 7.59. The molecule has 0 saturated carbocycles. The van der Waals surface area contributed by atoms with Crippen LogP contribution in [0.1, 0.15) is 6.42 Å². The molecule has 86 valence electrons. The Labute approximate surface area is 91.0 Å². The Morgan fingerprint density at radius 1 is 1.38 bits per heavy atom. The zero-order valence-electron chi connectivity index (χ0n) is 8.32. The maximum Gasteiger partial charge on any atom is 0.307 e. The Hall–Kier alpha value is -1.91. The lowest BCUT2D eigenvalue weighted by atomic mass is 10.3. The van der Waals surface area contributed by atoms with E-state index in [0.29, 0.717) is 0 Å². The van der Waals surface area contributed by atoms with E-state index in [2.05, 4.69) is 0 Å². The van der Waals surface area contributed by atoms with E-state index in [-0.39, 0.29) is 18.8 Å². The van der Waals surface area contributed by atoms with Crippen LogP contribution in [0.25, 0.3) is 0 Å². The number of aliphatic carboxylic acids is 1. The molecule has 0 aliphatic heterocycles. The molecule has 0 spiro atoms. The molecule has 0 radical (unpaired) electrons. The molecular formula is C11H10F2O3. The van der Waals surface area contributed by atoms with Crippen molar-refractivity contribution in [3.05, 3.63) is 42.0 Å². The number of carbonyl (C=O) groups is 1. The van der Waals surface area contributed by atoms with Crippen LogP contribution in [-0.4, -0.2) is 17.7 Å². The summed E-state index contributed by atoms with van der Waals surface area (Å²) in [5.74, 6) is -2.48. The average molecular weight is 228 g/mol. The van der Waals surface area contributed by atoms with Crippen molar-refractivity contribution in [2.75, 3.05) is 6.61 Å². The summed E-state index contributed by atoms with van der Waals surface area (Å²) in [6.07, 6.45) is 2.73. The van der Waals surface area contributed by atoms with Gasteiger partial charge in [-0.15, -0.1) is 0 Å². The number of ether oxygens (including phenoxy) is 1. The van der Waals surface area contributed by atoms with Gasteiger partial charge in [0.1, 0.15) is 12.4 Å². The number of carboxylic acid groups (broad SMARTS) is 1. The number of rotatable bonds is 5. The van der Waals surface area contributed by atoms with Gasteiger partial charge >= 0.3 is 5.97 Å². The van der Waals surface area contributed by atoms with Crippen molar-refractivity contribution in [2.24, 2.45) is 0 Å². The Morgan fingerprint density at radius 2 is 2.12 bits per heavy atom. The SMILES string of the molecule is O=C(O)C/C=C/COc1ccc(F)cc1F. The van der Waals surface area contributed by atoms with Crippen LogP contribution in [0.2, 0.25) is 0 Å². The van der Waals surface area contributed by atoms with Crippen molar-refractivity contribution < 1.29 is 23.4 Å². The second-order valence-electron chi connectivity index (χ2n) is 2.96. The number of carboxylic acids is 1. The summed E-state index contributed by atoms with van der Waals surface area (Å²) < 4.78 is 30.5. The molecule has 0 atom stereocenters. The second kappa shape index (κ2) is 5.85. The first-order valence-corrected chi connectivity index (χ1v) is 4.54. The zero-order chi connectivity index (χ0) is 12.0. The van der Waals surface area contributed by atoms with Crippen LogP contribution in [0.3, 0.4) is 0 Å². The molecule has 0 amide bonds. The van der Waals surface area contributed by atoms with Gasteiger partial charge in [-0.1, -0.05) is 12.2 Å². The van der Waals surface area contributed by atoms with E-state index in [1.165, 1.54) is 18.2 Å². The molecule has 1 N–H and O–H groups in total. The summed E-state index contributed by atoms with van der Waals surface area (Å²) >= 11 is 0. The maximum absolute atomic E-state index is 13.0. The van der Waals surface area contributed by atoms with Crippen molar-refractivity contribution in [3.63, 3.8) is 0 Å². The van der Waals surface area contributed by atoms with Gasteiger partial charge in [-0.3, -0.25) is 4.79 Å². The number of halogens is 2. The molecular weight excluding hydrogens is 218 g/mol. The Balaban J connectivity index is 2.43. The van der Waals surface area contributed by atoms with Crippen molar-refractivity contribution in [2.45, 2.75) is 6.42 Å². The fraction of sp³-hybridized carbons (Fsp3) is 0.182. The highest BCUT2D eigenvalue weighted by Gasteiger charge is 2.03. The molecule has 3 nitrogen and oxygen atoms in total. The van der Waals surface area contributed by atoms with Crippen LogP contribution in [0, 0.1) is 11.6 Å². The first-order valence-electron chi connectivity index (χ1n) is 4.54. The van der Waals surface area contributed by atoms with Crippen molar-refractivity contribution in [1.82, 2.24) is 0 Å². The minimum atomic E-state index is -0.954. The molecule has 0 bridgehead atoms. The minimum absolute atomic E-state index is 0.0375. The van der Waals surface area contributed by atoms with Crippen LogP contribution in [-0.2, 0) is 4.79 Å². The molecule has 1 aromatic carbocycles. The topological polar surface area (TPSA) is 46.5 Å². The summed E-state index contributed by atoms with van der Waals surface area (Å²) in [6.45, 7) is 0.0375. The van der Waals surface area contributed by atoms with Gasteiger partial charge in [-0.25, -0.2) is 8.78 Å². The van der Waals surface area contributed by atoms with Gasteiger partial charge in [0.25, 0.3) is 0 Å². The molecule has 0 saturated heterocycles. The van der Waals surface area contributed by atoms with Gasteiger partial charge < -0.3 is 9.84 Å². The largest absolute Gasteiger partial charge is 0.486 e. The molecule has 1 aromatic rings. The lowest BCUT2D eigenvalue weighted by Crippen LogP contribution is -1.97. The van der Waals surface area contributed by atoms with Crippen molar-refractivity contribution >= 4 is 5.97 Å². The van der Waals surface area contributed by atoms with E-state index in [1.807, 2.05) is 0 Å². The normalized spacial score (nSPS) is 10.6. The summed E-state index contributed by atoms with van der Waals surface area (Å²) in [5.41, 5.74) is 0. The molecule has 0 aliphatic carbocycles. The monoisotopic (exact) mass is 228 g/mol. The van der Waals surface area contributed by atoms with E-state index in [1.54, 1.807) is 0 Å². The zero-order valence-corrected chi connectivity index (χ0v) is 8.32. The van der Waals surface area contributed by atoms with Crippen LogP contribution in [0.4, 0.5) is 8.78 Å². The Bertz CT molecular complexity index is 402. The van der Waals surface area contributed by atoms with Crippen LogP contribution < -0.4 is 4.74 Å². The predicted octanol–water partition coefficient (Wildman–Crippen LogP) is 2.37. The average Bonchev–Trinajstić information content (AvgIpc) is 2.20. The quantitative estimate of drug-likeness (QED) is 0.787. The van der Waals surface area contributed by atoms with Crippen molar-refractivity contribution in [3.8, 4) is 5.75 Å². The molecule has 0 aliphatic rings. The highest BCUT2D eigenvalue weighted by molar-refractivity contribution is 5.68. The lowest BCUT2D eigenvalue weighted by Gasteiger charge is -2.03. The maximum atomic E-state index is 13.0. The first kappa shape index (κ1) is 12.2. The summed E-state index contributed by atoms with van der Waals surface area (Å²) in [6, 6.07) is 2.98. The van der Waals surface area contributed by atoms with Crippen LogP contribution >= 0.6 is 0 Å². The smallest absolute Gasteiger partial charge is 0.307 e. The molecule has 0 fully saturated rings. The molecule has 0 heterocycles. The third-order valence-electron chi connectivity index (χ3n) is 1.69. The van der Waals surface area contributed by atoms with Gasteiger partial charge in [0, 0.05) is 6.07 Å². The molecule has 16 heavy (non-hydrogen) atoms. The molecule has 0 aromatic heterocycles. The predicted molar refractivity (Wildman–Crippen MR) is 53.2 cm³/mol. The second-order valence-corrected chi connectivity index (χ2v) is 2.96. The van der Waals surface area contributed by atoms with Gasteiger partial charge in [0.05, 0.1) is 6.42 Å². The summed E-state index contributed by atoms with van der Waals surface area (Å²) in [5, 5.41) is 8.31. The van der Waals surface area contributed by atoms with E-state index < -0.39 is 17.6 Å². The minimum Gasteiger partial charge on any atom is -0.486 e. The van der Waals surface area contributed by atoms with E-state index >= 15 is 0 Å². The summed E-state index contributed by atoms with van der Waals surface area (Å²) in [7, 11) is 0.